The number of aromatic nitrogens is 4. The van der Waals surface area contributed by atoms with Crippen LogP contribution in [0.5, 0.6) is 0 Å². The van der Waals surface area contributed by atoms with Crippen molar-refractivity contribution in [2.75, 3.05) is 5.73 Å². The molecule has 14 heteroatoms. The third-order valence-corrected chi connectivity index (χ3v) is 10.3. The zero-order valence-electron chi connectivity index (χ0n) is 27.9. The molecule has 1 fully saturated rings. The average Bonchev–Trinajstić information content (AvgIpc) is 3.83. The summed E-state index contributed by atoms with van der Waals surface area (Å²) in [6.07, 6.45) is -1.46. The third-order valence-electron chi connectivity index (χ3n) is 10.0. The molecule has 0 bridgehead atoms. The Labute approximate surface area is 299 Å². The van der Waals surface area contributed by atoms with Crippen molar-refractivity contribution in [1.82, 2.24) is 29.4 Å². The number of rotatable bonds is 7. The molecule has 2 atom stereocenters. The van der Waals surface area contributed by atoms with Gasteiger partial charge in [-0.2, -0.15) is 13.2 Å². The lowest BCUT2D eigenvalue weighted by molar-refractivity contribution is -0.137. The van der Waals surface area contributed by atoms with E-state index in [0.29, 0.717) is 27.2 Å². The monoisotopic (exact) mass is 725 g/mol. The predicted octanol–water partition coefficient (Wildman–Crippen LogP) is 7.20. The van der Waals surface area contributed by atoms with Crippen LogP contribution >= 0.6 is 11.6 Å². The summed E-state index contributed by atoms with van der Waals surface area (Å²) >= 11 is 6.45. The number of nitrogens with two attached hydrogens (primary N) is 1. The highest BCUT2D eigenvalue weighted by atomic mass is 35.5. The van der Waals surface area contributed by atoms with E-state index in [9.17, 15) is 27.6 Å². The van der Waals surface area contributed by atoms with Gasteiger partial charge in [0.1, 0.15) is 5.56 Å². The van der Waals surface area contributed by atoms with Crippen molar-refractivity contribution in [1.29, 1.82) is 0 Å². The van der Waals surface area contributed by atoms with Crippen molar-refractivity contribution in [2.45, 2.75) is 51.5 Å². The SMILES string of the molecule is C[C@H](NC(=O)c1c(N)nn2ccc(-c3cc4c(c(C(F)(F)F)c3)C(=O)N([C@@H](C)C3CC3)C4)nc12)c1cc2cccc(Cl)c2c(=O)n1-c1ccccc1. The Morgan fingerprint density at radius 3 is 2.48 bits per heavy atom. The first-order valence-electron chi connectivity index (χ1n) is 16.7. The van der Waals surface area contributed by atoms with E-state index in [2.05, 4.69) is 15.4 Å². The highest BCUT2D eigenvalue weighted by molar-refractivity contribution is 6.35. The van der Waals surface area contributed by atoms with Gasteiger partial charge < -0.3 is 16.0 Å². The zero-order chi connectivity index (χ0) is 36.6. The number of benzene rings is 3. The van der Waals surface area contributed by atoms with Crippen molar-refractivity contribution >= 4 is 45.7 Å². The van der Waals surface area contributed by atoms with Gasteiger partial charge in [-0.15, -0.1) is 5.10 Å². The van der Waals surface area contributed by atoms with Crippen LogP contribution < -0.4 is 16.6 Å². The summed E-state index contributed by atoms with van der Waals surface area (Å²) in [5.74, 6) is -1.16. The van der Waals surface area contributed by atoms with E-state index in [4.69, 9.17) is 17.3 Å². The van der Waals surface area contributed by atoms with Crippen LogP contribution in [0.4, 0.5) is 19.0 Å². The number of para-hydroxylation sites is 1. The van der Waals surface area contributed by atoms with Crippen LogP contribution in [0.15, 0.2) is 83.8 Å². The Morgan fingerprint density at radius 2 is 1.77 bits per heavy atom. The van der Waals surface area contributed by atoms with Gasteiger partial charge in [0.15, 0.2) is 11.5 Å². The van der Waals surface area contributed by atoms with E-state index in [1.807, 2.05) is 13.0 Å². The van der Waals surface area contributed by atoms with Gasteiger partial charge in [0, 0.05) is 35.7 Å². The summed E-state index contributed by atoms with van der Waals surface area (Å²) in [6.45, 7) is 3.64. The molecule has 6 aromatic rings. The smallest absolute Gasteiger partial charge is 0.381 e. The summed E-state index contributed by atoms with van der Waals surface area (Å²) in [5, 5.41) is 8.34. The van der Waals surface area contributed by atoms with E-state index in [1.54, 1.807) is 61.5 Å². The maximum atomic E-state index is 14.5. The normalized spacial score (nSPS) is 15.7. The van der Waals surface area contributed by atoms with Crippen LogP contribution in [0.1, 0.15) is 70.3 Å². The highest BCUT2D eigenvalue weighted by Crippen LogP contribution is 2.43. The van der Waals surface area contributed by atoms with Gasteiger partial charge in [0.05, 0.1) is 33.3 Å². The molecular formula is C38H31ClF3N7O3. The van der Waals surface area contributed by atoms with Crippen molar-refractivity contribution in [2.24, 2.45) is 5.92 Å². The van der Waals surface area contributed by atoms with E-state index in [0.717, 1.165) is 18.9 Å². The minimum Gasteiger partial charge on any atom is -0.381 e. The van der Waals surface area contributed by atoms with E-state index in [-0.39, 0.29) is 63.5 Å². The van der Waals surface area contributed by atoms with Crippen molar-refractivity contribution in [3.05, 3.63) is 122 Å². The van der Waals surface area contributed by atoms with E-state index in [1.165, 1.54) is 26.2 Å². The number of halogens is 4. The van der Waals surface area contributed by atoms with E-state index < -0.39 is 29.6 Å². The van der Waals surface area contributed by atoms with Crippen LogP contribution in [-0.2, 0) is 12.7 Å². The van der Waals surface area contributed by atoms with Gasteiger partial charge in [0.2, 0.25) is 0 Å². The number of amides is 2. The van der Waals surface area contributed by atoms with Crippen LogP contribution in [0, 0.1) is 5.92 Å². The number of anilines is 1. The summed E-state index contributed by atoms with van der Waals surface area (Å²) in [4.78, 5) is 47.2. The first kappa shape index (κ1) is 33.5. The van der Waals surface area contributed by atoms with Crippen LogP contribution in [-0.4, -0.2) is 41.9 Å². The lowest BCUT2D eigenvalue weighted by Crippen LogP contribution is -2.35. The van der Waals surface area contributed by atoms with Gasteiger partial charge in [-0.3, -0.25) is 19.0 Å². The second-order valence-corrected chi connectivity index (χ2v) is 13.8. The molecule has 2 aliphatic rings. The van der Waals surface area contributed by atoms with Crippen molar-refractivity contribution < 1.29 is 22.8 Å². The molecular weight excluding hydrogens is 695 g/mol. The second kappa shape index (κ2) is 12.2. The largest absolute Gasteiger partial charge is 0.417 e. The van der Waals surface area contributed by atoms with Crippen molar-refractivity contribution in [3.8, 4) is 16.9 Å². The number of alkyl halides is 3. The minimum atomic E-state index is -4.80. The Morgan fingerprint density at radius 1 is 1.02 bits per heavy atom. The summed E-state index contributed by atoms with van der Waals surface area (Å²) in [5.41, 5.74) is 5.98. The topological polar surface area (TPSA) is 128 Å². The fourth-order valence-electron chi connectivity index (χ4n) is 7.18. The second-order valence-electron chi connectivity index (χ2n) is 13.4. The maximum absolute atomic E-state index is 14.5. The number of nitrogen functional groups attached to an aromatic ring is 1. The number of hydrogen-bond acceptors (Lipinski definition) is 6. The lowest BCUT2D eigenvalue weighted by Gasteiger charge is -2.24. The first-order chi connectivity index (χ1) is 24.8. The van der Waals surface area contributed by atoms with Gasteiger partial charge in [-0.05, 0) is 86.0 Å². The summed E-state index contributed by atoms with van der Waals surface area (Å²) in [7, 11) is 0. The summed E-state index contributed by atoms with van der Waals surface area (Å²) < 4.78 is 46.2. The average molecular weight is 726 g/mol. The van der Waals surface area contributed by atoms with Crippen LogP contribution in [0.2, 0.25) is 5.02 Å². The van der Waals surface area contributed by atoms with Crippen molar-refractivity contribution in [3.63, 3.8) is 0 Å². The Kier molecular flexibility index (Phi) is 7.86. The number of carbonyl (C=O) groups is 2. The zero-order valence-corrected chi connectivity index (χ0v) is 28.7. The number of fused-ring (bicyclic) bond motifs is 3. The molecule has 1 aliphatic carbocycles. The standard InChI is InChI=1S/C38H31ClF3N7O3/c1-19(29-17-22-7-6-10-27(39)31(22)37(52)49(29)25-8-4-3-5-9-25)44-35(50)32-33(43)46-48-14-13-28(45-34(32)48)23-15-24-18-47(20(2)21-11-12-21)36(51)30(24)26(16-23)38(40,41)42/h3-10,13-17,19-21H,11-12,18H2,1-2H3,(H2,43,46)(H,44,50)/t19-,20-/m0/s1. The molecule has 52 heavy (non-hydrogen) atoms. The third kappa shape index (κ3) is 5.56. The van der Waals surface area contributed by atoms with Gasteiger partial charge >= 0.3 is 6.18 Å². The molecule has 8 rings (SSSR count). The fraction of sp³-hybridized carbons (Fsp3) is 0.237. The Hall–Kier alpha value is -5.69. The number of nitrogens with zero attached hydrogens (tertiary/aromatic N) is 5. The molecule has 1 saturated carbocycles. The molecule has 0 spiro atoms. The number of nitrogens with one attached hydrogen (secondary N) is 1. The molecule has 0 radical (unpaired) electrons. The predicted molar refractivity (Wildman–Crippen MR) is 190 cm³/mol. The number of carbonyl (C=O) groups excluding carboxylic acids is 2. The van der Waals surface area contributed by atoms with Crippen LogP contribution in [0.25, 0.3) is 33.4 Å². The molecule has 3 aromatic carbocycles. The molecule has 0 unspecified atom stereocenters. The lowest BCUT2D eigenvalue weighted by atomic mass is 9.97. The Balaban J connectivity index is 1.17. The highest BCUT2D eigenvalue weighted by Gasteiger charge is 2.44. The van der Waals surface area contributed by atoms with Crippen LogP contribution in [0.3, 0.4) is 0 Å². The number of hydrogen-bond donors (Lipinski definition) is 2. The quantitative estimate of drug-likeness (QED) is 0.179. The Bertz CT molecular complexity index is 2510. The molecule has 10 nitrogen and oxygen atoms in total. The molecule has 1 aliphatic heterocycles. The molecule has 3 aromatic heterocycles. The molecule has 0 saturated heterocycles. The van der Waals surface area contributed by atoms with Gasteiger partial charge in [-0.1, -0.05) is 41.9 Å². The van der Waals surface area contributed by atoms with Gasteiger partial charge in [0.25, 0.3) is 17.4 Å². The molecule has 3 N–H and O–H groups in total. The molecule has 4 heterocycles. The van der Waals surface area contributed by atoms with Gasteiger partial charge in [-0.25, -0.2) is 9.50 Å². The number of pyridine rings is 1. The first-order valence-corrected chi connectivity index (χ1v) is 17.1. The fourth-order valence-corrected chi connectivity index (χ4v) is 7.44. The molecule has 264 valence electrons. The molecule has 2 amide bonds. The minimum absolute atomic E-state index is 0.0135. The van der Waals surface area contributed by atoms with E-state index >= 15 is 0 Å². The summed E-state index contributed by atoms with van der Waals surface area (Å²) in [6, 6.07) is 18.9. The maximum Gasteiger partial charge on any atom is 0.417 e.